The van der Waals surface area contributed by atoms with Crippen molar-refractivity contribution in [1.82, 2.24) is 19.5 Å². The fourth-order valence-corrected chi connectivity index (χ4v) is 7.60. The molecule has 10 rings (SSSR count). The molecule has 0 fully saturated rings. The van der Waals surface area contributed by atoms with Gasteiger partial charge in [0, 0.05) is 44.2 Å². The topological polar surface area (TPSA) is 46.8 Å². The number of allylic oxidation sites excluding steroid dienone is 2. The molecule has 5 nitrogen and oxygen atoms in total. The number of aromatic nitrogens is 4. The van der Waals surface area contributed by atoms with Crippen LogP contribution in [0.4, 0.5) is 11.4 Å². The van der Waals surface area contributed by atoms with E-state index in [0.29, 0.717) is 17.5 Å². The molecule has 5 aromatic carbocycles. The molecular formula is C41H27N5. The van der Waals surface area contributed by atoms with Crippen molar-refractivity contribution in [2.75, 3.05) is 4.90 Å². The third-order valence-corrected chi connectivity index (χ3v) is 9.51. The van der Waals surface area contributed by atoms with E-state index >= 15 is 0 Å². The Morgan fingerprint density at radius 3 is 1.80 bits per heavy atom. The second-order valence-corrected chi connectivity index (χ2v) is 12.0. The molecule has 7 aromatic rings. The number of hydrogen-bond donors (Lipinski definition) is 0. The number of para-hydroxylation sites is 1. The zero-order valence-corrected chi connectivity index (χ0v) is 24.8. The van der Waals surface area contributed by atoms with Gasteiger partial charge in [0.1, 0.15) is 0 Å². The molecule has 46 heavy (non-hydrogen) atoms. The van der Waals surface area contributed by atoms with Gasteiger partial charge in [0.2, 0.25) is 0 Å². The molecule has 0 saturated heterocycles. The Bertz CT molecular complexity index is 2420. The van der Waals surface area contributed by atoms with Crippen LogP contribution in [0.15, 0.2) is 146 Å². The molecule has 0 bridgehead atoms. The van der Waals surface area contributed by atoms with E-state index in [9.17, 15) is 0 Å². The van der Waals surface area contributed by atoms with Gasteiger partial charge in [-0.05, 0) is 42.0 Å². The first-order valence-electron chi connectivity index (χ1n) is 15.7. The molecule has 2 unspecified atom stereocenters. The summed E-state index contributed by atoms with van der Waals surface area (Å²) in [6, 6.07) is 46.8. The molecule has 3 aliphatic heterocycles. The van der Waals surface area contributed by atoms with Crippen molar-refractivity contribution >= 4 is 33.9 Å². The summed E-state index contributed by atoms with van der Waals surface area (Å²) in [7, 11) is 0. The maximum absolute atomic E-state index is 5.06. The number of hydrogen-bond acceptors (Lipinski definition) is 4. The minimum Gasteiger partial charge on any atom is -0.331 e. The summed E-state index contributed by atoms with van der Waals surface area (Å²) in [5.41, 5.74) is 7.90. The second kappa shape index (κ2) is 9.71. The van der Waals surface area contributed by atoms with Gasteiger partial charge in [-0.2, -0.15) is 0 Å². The number of rotatable bonds is 4. The lowest BCUT2D eigenvalue weighted by Crippen LogP contribution is -2.29. The molecule has 0 N–H and O–H groups in total. The van der Waals surface area contributed by atoms with Crippen LogP contribution < -0.4 is 15.6 Å². The minimum atomic E-state index is 0.155. The lowest BCUT2D eigenvalue weighted by molar-refractivity contribution is 0.576. The first-order valence-corrected chi connectivity index (χ1v) is 15.7. The van der Waals surface area contributed by atoms with Crippen LogP contribution in [0.2, 0.25) is 0 Å². The summed E-state index contributed by atoms with van der Waals surface area (Å²) in [6.07, 6.45) is 6.86. The average molecular weight is 590 g/mol. The fourth-order valence-electron chi connectivity index (χ4n) is 7.60. The first-order chi connectivity index (χ1) is 22.8. The Kier molecular flexibility index (Phi) is 5.34. The summed E-state index contributed by atoms with van der Waals surface area (Å²) >= 11 is 0. The van der Waals surface area contributed by atoms with Gasteiger partial charge >= 0.3 is 0 Å². The largest absolute Gasteiger partial charge is 0.331 e. The molecule has 0 aliphatic carbocycles. The molecule has 2 aromatic heterocycles. The highest BCUT2D eigenvalue weighted by Crippen LogP contribution is 2.55. The highest BCUT2D eigenvalue weighted by Gasteiger charge is 2.46. The van der Waals surface area contributed by atoms with Gasteiger partial charge in [0.05, 0.1) is 23.0 Å². The van der Waals surface area contributed by atoms with Crippen molar-refractivity contribution in [3.8, 4) is 34.2 Å². The van der Waals surface area contributed by atoms with E-state index in [-0.39, 0.29) is 12.0 Å². The Balaban J connectivity index is 1.22. The second-order valence-electron chi connectivity index (χ2n) is 12.0. The standard InChI is InChI=1S/C41H27N5/c1-4-13-26(14-5-1)39-42-40(27-15-6-2-7-16-27)44-41(43-39)28-23-24-34-32(25-28)36-35-22-12-21-33-30-19-10-11-20-31(30)37(46(33)35)38(36)45(34)29-17-8-3-9-18-29/h1-25,35-36H. The van der Waals surface area contributed by atoms with Crippen molar-refractivity contribution in [2.24, 2.45) is 0 Å². The van der Waals surface area contributed by atoms with Crippen LogP contribution in [0, 0.1) is 0 Å². The lowest BCUT2D eigenvalue weighted by Gasteiger charge is -2.22. The molecule has 0 spiro atoms. The fraction of sp³-hybridized carbons (Fsp3) is 0.0488. The van der Waals surface area contributed by atoms with E-state index < -0.39 is 0 Å². The van der Waals surface area contributed by atoms with Crippen molar-refractivity contribution in [3.63, 3.8) is 0 Å². The first kappa shape index (κ1) is 25.3. The zero-order chi connectivity index (χ0) is 30.2. The molecule has 216 valence electrons. The maximum atomic E-state index is 5.06. The van der Waals surface area contributed by atoms with E-state index in [0.717, 1.165) is 22.4 Å². The van der Waals surface area contributed by atoms with Crippen molar-refractivity contribution < 1.29 is 0 Å². The van der Waals surface area contributed by atoms with Crippen LogP contribution in [0.25, 0.3) is 56.7 Å². The summed E-state index contributed by atoms with van der Waals surface area (Å²) in [5, 5.41) is 5.18. The van der Waals surface area contributed by atoms with Gasteiger partial charge < -0.3 is 9.47 Å². The molecule has 0 radical (unpaired) electrons. The van der Waals surface area contributed by atoms with Crippen LogP contribution in [0.3, 0.4) is 0 Å². The van der Waals surface area contributed by atoms with Gasteiger partial charge in [0.15, 0.2) is 17.5 Å². The number of nitrogens with zero attached hydrogens (tertiary/aromatic N) is 5. The van der Waals surface area contributed by atoms with Crippen LogP contribution in [-0.4, -0.2) is 19.5 Å². The minimum absolute atomic E-state index is 0.155. The molecule has 0 amide bonds. The Morgan fingerprint density at radius 1 is 0.543 bits per heavy atom. The molecule has 0 saturated carbocycles. The van der Waals surface area contributed by atoms with E-state index in [1.54, 1.807) is 0 Å². The molecule has 5 heterocycles. The monoisotopic (exact) mass is 589 g/mol. The summed E-state index contributed by atoms with van der Waals surface area (Å²) in [4.78, 5) is 17.5. The van der Waals surface area contributed by atoms with E-state index in [2.05, 4.69) is 125 Å². The van der Waals surface area contributed by atoms with Crippen LogP contribution in [0.5, 0.6) is 0 Å². The number of benzene rings is 5. The lowest BCUT2D eigenvalue weighted by atomic mass is 9.90. The average Bonchev–Trinajstić information content (AvgIpc) is 3.77. The molecule has 3 aliphatic rings. The zero-order valence-electron chi connectivity index (χ0n) is 24.8. The Hall–Kier alpha value is -6.07. The highest BCUT2D eigenvalue weighted by atomic mass is 15.2. The summed E-state index contributed by atoms with van der Waals surface area (Å²) < 4.78 is 2.56. The molecule has 5 heteroatoms. The van der Waals surface area contributed by atoms with E-state index in [4.69, 9.17) is 15.0 Å². The number of anilines is 2. The molecular weight excluding hydrogens is 562 g/mol. The van der Waals surface area contributed by atoms with Crippen molar-refractivity contribution in [2.45, 2.75) is 12.0 Å². The summed E-state index contributed by atoms with van der Waals surface area (Å²) in [5.74, 6) is 2.16. The van der Waals surface area contributed by atoms with Crippen molar-refractivity contribution in [3.05, 3.63) is 162 Å². The number of fused-ring (bicyclic) bond motifs is 7. The quantitative estimate of drug-likeness (QED) is 0.210. The molecule has 2 atom stereocenters. The smallest absolute Gasteiger partial charge is 0.164 e. The van der Waals surface area contributed by atoms with Crippen molar-refractivity contribution in [1.29, 1.82) is 0 Å². The predicted octanol–water partition coefficient (Wildman–Crippen LogP) is 7.78. The maximum Gasteiger partial charge on any atom is 0.164 e. The van der Waals surface area contributed by atoms with Crippen LogP contribution in [0.1, 0.15) is 17.5 Å². The SMILES string of the molecule is C1=CC2C3C(=c4c5ccccc5c(n42)=C1)N(c1ccccc1)c1ccc(-c2nc(-c4ccccc4)nc(-c4ccccc4)n2)cc13. The van der Waals surface area contributed by atoms with Gasteiger partial charge in [-0.1, -0.05) is 115 Å². The van der Waals surface area contributed by atoms with E-state index in [1.165, 1.54) is 38.4 Å². The van der Waals surface area contributed by atoms with Gasteiger partial charge in [0.25, 0.3) is 0 Å². The third kappa shape index (κ3) is 3.60. The van der Waals surface area contributed by atoms with Crippen LogP contribution >= 0.6 is 0 Å². The van der Waals surface area contributed by atoms with Gasteiger partial charge in [-0.25, -0.2) is 15.0 Å². The highest BCUT2D eigenvalue weighted by molar-refractivity contribution is 5.98. The third-order valence-electron chi connectivity index (χ3n) is 9.51. The van der Waals surface area contributed by atoms with Gasteiger partial charge in [-0.15, -0.1) is 0 Å². The Labute approximate surface area is 265 Å². The predicted molar refractivity (Wildman–Crippen MR) is 185 cm³/mol. The normalized spacial score (nSPS) is 17.1. The van der Waals surface area contributed by atoms with E-state index in [1.807, 2.05) is 36.4 Å². The van der Waals surface area contributed by atoms with Gasteiger partial charge in [-0.3, -0.25) is 0 Å². The summed E-state index contributed by atoms with van der Waals surface area (Å²) in [6.45, 7) is 0. The van der Waals surface area contributed by atoms with Crippen LogP contribution in [-0.2, 0) is 0 Å². The Morgan fingerprint density at radius 2 is 1.13 bits per heavy atom.